The SMILES string of the molecule is CSc1ccc(Cl)c(C(=O)O[C@H](C)C(=O)N[C@H]2CCCc3ccccc32)c1. The summed E-state index contributed by atoms with van der Waals surface area (Å²) in [7, 11) is 0. The van der Waals surface area contributed by atoms with Crippen molar-refractivity contribution in [2.24, 2.45) is 0 Å². The number of aryl methyl sites for hydroxylation is 1. The quantitative estimate of drug-likeness (QED) is 0.575. The minimum absolute atomic E-state index is 0.0491. The monoisotopic (exact) mass is 403 g/mol. The van der Waals surface area contributed by atoms with Crippen LogP contribution in [0.1, 0.15) is 47.3 Å². The van der Waals surface area contributed by atoms with E-state index in [0.29, 0.717) is 5.02 Å². The van der Waals surface area contributed by atoms with Gasteiger partial charge in [-0.15, -0.1) is 11.8 Å². The lowest BCUT2D eigenvalue weighted by Crippen LogP contribution is -2.39. The van der Waals surface area contributed by atoms with Gasteiger partial charge in [0.15, 0.2) is 6.10 Å². The Morgan fingerprint density at radius 1 is 1.26 bits per heavy atom. The van der Waals surface area contributed by atoms with E-state index >= 15 is 0 Å². The van der Waals surface area contributed by atoms with Crippen molar-refractivity contribution in [1.29, 1.82) is 0 Å². The molecule has 1 aliphatic carbocycles. The van der Waals surface area contributed by atoms with Crippen molar-refractivity contribution in [1.82, 2.24) is 5.32 Å². The van der Waals surface area contributed by atoms with Crippen molar-refractivity contribution >= 4 is 35.2 Å². The minimum atomic E-state index is -0.902. The summed E-state index contributed by atoms with van der Waals surface area (Å²) in [5.74, 6) is -0.898. The van der Waals surface area contributed by atoms with Gasteiger partial charge in [0.05, 0.1) is 16.6 Å². The number of carbonyl (C=O) groups excluding carboxylic acids is 2. The molecule has 0 unspecified atom stereocenters. The highest BCUT2D eigenvalue weighted by Gasteiger charge is 2.26. The predicted molar refractivity (Wildman–Crippen MR) is 108 cm³/mol. The highest BCUT2D eigenvalue weighted by molar-refractivity contribution is 7.98. The maximum atomic E-state index is 12.6. The van der Waals surface area contributed by atoms with Gasteiger partial charge in [-0.2, -0.15) is 0 Å². The third-order valence-electron chi connectivity index (χ3n) is 4.73. The number of fused-ring (bicyclic) bond motifs is 1. The molecule has 1 N–H and O–H groups in total. The van der Waals surface area contributed by atoms with Crippen molar-refractivity contribution < 1.29 is 14.3 Å². The molecule has 2 atom stereocenters. The Hall–Kier alpha value is -1.98. The lowest BCUT2D eigenvalue weighted by atomic mass is 9.87. The van der Waals surface area contributed by atoms with E-state index in [0.717, 1.165) is 29.7 Å². The number of amides is 1. The van der Waals surface area contributed by atoms with Gasteiger partial charge in [-0.1, -0.05) is 35.9 Å². The van der Waals surface area contributed by atoms with Gasteiger partial charge < -0.3 is 10.1 Å². The molecule has 0 spiro atoms. The average Bonchev–Trinajstić information content (AvgIpc) is 2.68. The summed E-state index contributed by atoms with van der Waals surface area (Å²) in [5.41, 5.74) is 2.68. The van der Waals surface area contributed by atoms with Gasteiger partial charge in [-0.3, -0.25) is 4.79 Å². The molecule has 0 bridgehead atoms. The van der Waals surface area contributed by atoms with Crippen molar-refractivity contribution in [3.63, 3.8) is 0 Å². The fraction of sp³-hybridized carbons (Fsp3) is 0.333. The summed E-state index contributed by atoms with van der Waals surface area (Å²) >= 11 is 7.62. The molecule has 0 aromatic heterocycles. The van der Waals surface area contributed by atoms with Crippen LogP contribution in [-0.2, 0) is 16.0 Å². The van der Waals surface area contributed by atoms with Gasteiger partial charge >= 0.3 is 5.97 Å². The number of esters is 1. The molecular weight excluding hydrogens is 382 g/mol. The summed E-state index contributed by atoms with van der Waals surface area (Å²) in [5, 5.41) is 3.33. The number of benzene rings is 2. The number of rotatable bonds is 5. The van der Waals surface area contributed by atoms with E-state index in [1.165, 1.54) is 17.3 Å². The Morgan fingerprint density at radius 3 is 2.81 bits per heavy atom. The van der Waals surface area contributed by atoms with Crippen LogP contribution in [0.5, 0.6) is 0 Å². The molecule has 0 aliphatic heterocycles. The first-order valence-corrected chi connectivity index (χ1v) is 10.5. The van der Waals surface area contributed by atoms with Crippen LogP contribution in [0.2, 0.25) is 5.02 Å². The van der Waals surface area contributed by atoms with Crippen LogP contribution < -0.4 is 5.32 Å². The zero-order valence-electron chi connectivity index (χ0n) is 15.3. The Morgan fingerprint density at radius 2 is 2.04 bits per heavy atom. The largest absolute Gasteiger partial charge is 0.449 e. The van der Waals surface area contributed by atoms with Crippen LogP contribution in [0.4, 0.5) is 0 Å². The Labute approximate surface area is 168 Å². The molecule has 142 valence electrons. The Balaban J connectivity index is 1.66. The van der Waals surface area contributed by atoms with E-state index in [9.17, 15) is 9.59 Å². The lowest BCUT2D eigenvalue weighted by Gasteiger charge is -2.27. The van der Waals surface area contributed by atoms with Gasteiger partial charge in [-0.05, 0) is 61.8 Å². The van der Waals surface area contributed by atoms with Crippen molar-refractivity contribution in [3.8, 4) is 0 Å². The number of hydrogen-bond acceptors (Lipinski definition) is 4. The van der Waals surface area contributed by atoms with Crippen LogP contribution >= 0.6 is 23.4 Å². The van der Waals surface area contributed by atoms with Crippen LogP contribution in [0, 0.1) is 0 Å². The van der Waals surface area contributed by atoms with Gasteiger partial charge in [0.1, 0.15) is 0 Å². The molecule has 0 fully saturated rings. The number of ether oxygens (including phenoxy) is 1. The smallest absolute Gasteiger partial charge is 0.340 e. The molecule has 3 rings (SSSR count). The number of hydrogen-bond donors (Lipinski definition) is 1. The maximum Gasteiger partial charge on any atom is 0.340 e. The summed E-state index contributed by atoms with van der Waals surface area (Å²) in [4.78, 5) is 25.9. The molecular formula is C21H22ClNO3S. The van der Waals surface area contributed by atoms with Crippen molar-refractivity contribution in [2.75, 3.05) is 6.26 Å². The van der Waals surface area contributed by atoms with Gasteiger partial charge in [0, 0.05) is 4.90 Å². The Kier molecular flexibility index (Phi) is 6.45. The first-order valence-electron chi connectivity index (χ1n) is 8.92. The molecule has 0 radical (unpaired) electrons. The van der Waals surface area contributed by atoms with Crippen LogP contribution in [0.3, 0.4) is 0 Å². The molecule has 2 aromatic rings. The van der Waals surface area contributed by atoms with E-state index in [1.54, 1.807) is 19.1 Å². The van der Waals surface area contributed by atoms with E-state index < -0.39 is 12.1 Å². The molecule has 6 heteroatoms. The molecule has 0 saturated carbocycles. The van der Waals surface area contributed by atoms with Crippen LogP contribution in [0.25, 0.3) is 0 Å². The molecule has 0 heterocycles. The zero-order chi connectivity index (χ0) is 19.4. The fourth-order valence-electron chi connectivity index (χ4n) is 3.26. The van der Waals surface area contributed by atoms with Gasteiger partial charge in [0.25, 0.3) is 5.91 Å². The minimum Gasteiger partial charge on any atom is -0.449 e. The second-order valence-electron chi connectivity index (χ2n) is 6.55. The van der Waals surface area contributed by atoms with Gasteiger partial charge in [-0.25, -0.2) is 4.79 Å². The number of thioether (sulfide) groups is 1. The molecule has 2 aromatic carbocycles. The van der Waals surface area contributed by atoms with E-state index in [1.807, 2.05) is 30.5 Å². The molecule has 1 aliphatic rings. The zero-order valence-corrected chi connectivity index (χ0v) is 16.9. The van der Waals surface area contributed by atoms with Crippen molar-refractivity contribution in [3.05, 3.63) is 64.2 Å². The van der Waals surface area contributed by atoms with E-state index in [-0.39, 0.29) is 17.5 Å². The first-order chi connectivity index (χ1) is 13.0. The fourth-order valence-corrected chi connectivity index (χ4v) is 3.89. The highest BCUT2D eigenvalue weighted by Crippen LogP contribution is 2.29. The Bertz CT molecular complexity index is 855. The summed E-state index contributed by atoms with van der Waals surface area (Å²) < 4.78 is 5.36. The molecule has 4 nitrogen and oxygen atoms in total. The van der Waals surface area contributed by atoms with E-state index in [4.69, 9.17) is 16.3 Å². The molecule has 0 saturated heterocycles. The summed E-state index contributed by atoms with van der Waals surface area (Å²) in [6.45, 7) is 1.58. The third kappa shape index (κ3) is 4.66. The molecule has 1 amide bonds. The van der Waals surface area contributed by atoms with Crippen LogP contribution in [0.15, 0.2) is 47.4 Å². The first kappa shape index (κ1) is 19.8. The predicted octanol–water partition coefficient (Wildman–Crippen LogP) is 4.80. The normalized spacial score (nSPS) is 16.9. The standard InChI is InChI=1S/C21H22ClNO3S/c1-13(26-21(25)17-12-15(27-2)10-11-18(17)22)20(24)23-19-9-5-7-14-6-3-4-8-16(14)19/h3-4,6,8,10-13,19H,5,7,9H2,1-2H3,(H,23,24)/t13-,19+/m1/s1. The second kappa shape index (κ2) is 8.81. The second-order valence-corrected chi connectivity index (χ2v) is 7.83. The number of nitrogens with one attached hydrogen (secondary N) is 1. The average molecular weight is 404 g/mol. The number of halogens is 1. The third-order valence-corrected chi connectivity index (χ3v) is 5.79. The van der Waals surface area contributed by atoms with Crippen molar-refractivity contribution in [2.45, 2.75) is 43.2 Å². The summed E-state index contributed by atoms with van der Waals surface area (Å²) in [6.07, 6.45) is 3.94. The highest BCUT2D eigenvalue weighted by atomic mass is 35.5. The summed E-state index contributed by atoms with van der Waals surface area (Å²) in [6, 6.07) is 13.3. The number of carbonyl (C=O) groups is 2. The van der Waals surface area contributed by atoms with Gasteiger partial charge in [0.2, 0.25) is 0 Å². The maximum absolute atomic E-state index is 12.6. The lowest BCUT2D eigenvalue weighted by molar-refractivity contribution is -0.130. The molecule has 27 heavy (non-hydrogen) atoms. The van der Waals surface area contributed by atoms with E-state index in [2.05, 4.69) is 11.4 Å². The van der Waals surface area contributed by atoms with Crippen LogP contribution in [-0.4, -0.2) is 24.2 Å². The topological polar surface area (TPSA) is 55.4 Å².